The number of carbonyl (C=O) groups is 4. The molecule has 0 aliphatic carbocycles. The van der Waals surface area contributed by atoms with Crippen molar-refractivity contribution < 1.29 is 42.5 Å². The number of carboxylic acid groups (broad SMARTS) is 1. The first-order valence-corrected chi connectivity index (χ1v) is 21.6. The van der Waals surface area contributed by atoms with Gasteiger partial charge < -0.3 is 35.4 Å². The maximum Gasteiger partial charge on any atom is 0.407 e. The van der Waals surface area contributed by atoms with Crippen molar-refractivity contribution in [1.82, 2.24) is 50.0 Å². The largest absolute Gasteiger partial charge is 0.476 e. The van der Waals surface area contributed by atoms with Crippen LogP contribution in [0.5, 0.6) is 0 Å². The highest BCUT2D eigenvalue weighted by molar-refractivity contribution is 5.93. The van der Waals surface area contributed by atoms with Gasteiger partial charge >= 0.3 is 18.2 Å². The van der Waals surface area contributed by atoms with Gasteiger partial charge in [-0.05, 0) is 85.6 Å². The number of nitrogens with one attached hydrogen (secondary N) is 3. The van der Waals surface area contributed by atoms with Crippen LogP contribution in [-0.4, -0.2) is 114 Å². The number of benzene rings is 2. The van der Waals surface area contributed by atoms with Gasteiger partial charge in [-0.3, -0.25) is 4.79 Å². The number of likely N-dealkylation sites (tertiary alicyclic amines) is 1. The number of hydrogen-bond donors (Lipinski definition) is 4. The van der Waals surface area contributed by atoms with Gasteiger partial charge in [0.15, 0.2) is 17.0 Å². The summed E-state index contributed by atoms with van der Waals surface area (Å²) in [6, 6.07) is 16.0. The van der Waals surface area contributed by atoms with Crippen molar-refractivity contribution in [2.24, 2.45) is 0 Å². The van der Waals surface area contributed by atoms with Crippen LogP contribution in [0, 0.1) is 11.6 Å². The summed E-state index contributed by atoms with van der Waals surface area (Å²) in [5, 5.41) is 26.7. The first kappa shape index (κ1) is 44.6. The zero-order valence-corrected chi connectivity index (χ0v) is 36.4. The lowest BCUT2D eigenvalue weighted by Crippen LogP contribution is -2.48. The van der Waals surface area contributed by atoms with Crippen LogP contribution in [0.3, 0.4) is 0 Å². The van der Waals surface area contributed by atoms with Crippen LogP contribution in [0.2, 0.25) is 0 Å². The molecule has 340 valence electrons. The lowest BCUT2D eigenvalue weighted by Gasteiger charge is -2.36. The normalized spacial score (nSPS) is 17.3. The molecule has 2 aromatic carbocycles. The topological polar surface area (TPSA) is 207 Å². The van der Waals surface area contributed by atoms with Crippen molar-refractivity contribution >= 4 is 35.4 Å². The smallest absolute Gasteiger partial charge is 0.407 e. The van der Waals surface area contributed by atoms with E-state index in [1.807, 2.05) is 26.0 Å². The zero-order valence-electron chi connectivity index (χ0n) is 36.4. The van der Waals surface area contributed by atoms with Crippen LogP contribution < -0.4 is 16.0 Å². The SMILES string of the molecule is CC(C)c1cc(-c2ccc(F)cc2)nn2cc(C(=O)N3CCC4(CC3)CNC(=O)O4)nc12.CC(C)c1cc(-c2ccc(F)cc2)nn2cc(C(=O)O)nc12.O=C1NCC2(CCNCC2)O1. The summed E-state index contributed by atoms with van der Waals surface area (Å²) in [6.07, 6.45) is 5.44. The van der Waals surface area contributed by atoms with Gasteiger partial charge in [0.1, 0.15) is 28.5 Å². The van der Waals surface area contributed by atoms with Gasteiger partial charge in [0.05, 0.1) is 36.9 Å². The molecule has 3 amide bonds. The van der Waals surface area contributed by atoms with E-state index < -0.39 is 17.7 Å². The average Bonchev–Trinajstić information content (AvgIpc) is 4.09. The van der Waals surface area contributed by atoms with E-state index in [9.17, 15) is 28.0 Å². The molecule has 2 spiro atoms. The Hall–Kier alpha value is -7.02. The molecule has 4 aromatic heterocycles. The molecule has 4 saturated heterocycles. The third kappa shape index (κ3) is 9.74. The van der Waals surface area contributed by atoms with E-state index in [-0.39, 0.29) is 46.8 Å². The van der Waals surface area contributed by atoms with Crippen LogP contribution in [0.25, 0.3) is 33.8 Å². The Kier molecular flexibility index (Phi) is 12.5. The lowest BCUT2D eigenvalue weighted by atomic mass is 9.91. The summed E-state index contributed by atoms with van der Waals surface area (Å²) in [6.45, 7) is 12.2. The number of alkyl carbamates (subject to hydrolysis) is 2. The van der Waals surface area contributed by atoms with Gasteiger partial charge in [0.2, 0.25) is 0 Å². The molecule has 4 aliphatic rings. The number of aromatic nitrogens is 6. The van der Waals surface area contributed by atoms with Gasteiger partial charge in [0, 0.05) is 61.0 Å². The second-order valence-electron chi connectivity index (χ2n) is 17.3. The van der Waals surface area contributed by atoms with E-state index in [4.69, 9.17) is 14.6 Å². The first-order valence-electron chi connectivity index (χ1n) is 21.6. The number of piperidine rings is 2. The molecule has 17 nitrogen and oxygen atoms in total. The third-order valence-corrected chi connectivity index (χ3v) is 12.1. The molecular formula is C46H50F2N10O7. The molecule has 0 unspecified atom stereocenters. The molecule has 0 atom stereocenters. The highest BCUT2D eigenvalue weighted by atomic mass is 19.1. The second-order valence-corrected chi connectivity index (χ2v) is 17.3. The number of aromatic carboxylic acids is 1. The summed E-state index contributed by atoms with van der Waals surface area (Å²) >= 11 is 0. The molecule has 4 fully saturated rings. The zero-order chi connectivity index (χ0) is 46.0. The minimum absolute atomic E-state index is 0.0503. The summed E-state index contributed by atoms with van der Waals surface area (Å²) < 4.78 is 40.1. The Morgan fingerprint density at radius 3 is 1.52 bits per heavy atom. The number of hydrogen-bond acceptors (Lipinski definition) is 11. The third-order valence-electron chi connectivity index (χ3n) is 12.1. The molecule has 6 aromatic rings. The van der Waals surface area contributed by atoms with E-state index in [0.29, 0.717) is 67.4 Å². The van der Waals surface area contributed by atoms with Gasteiger partial charge in [-0.2, -0.15) is 10.2 Å². The highest BCUT2D eigenvalue weighted by Gasteiger charge is 2.44. The van der Waals surface area contributed by atoms with Gasteiger partial charge in [-0.1, -0.05) is 27.7 Å². The quantitative estimate of drug-likeness (QED) is 0.140. The summed E-state index contributed by atoms with van der Waals surface area (Å²) in [7, 11) is 0. The highest BCUT2D eigenvalue weighted by Crippen LogP contribution is 2.32. The number of ether oxygens (including phenoxy) is 2. The van der Waals surface area contributed by atoms with Crippen molar-refractivity contribution in [3.63, 3.8) is 0 Å². The fourth-order valence-electron chi connectivity index (χ4n) is 8.30. The van der Waals surface area contributed by atoms with Crippen LogP contribution in [0.1, 0.15) is 97.3 Å². The Labute approximate surface area is 372 Å². The number of rotatable bonds is 6. The van der Waals surface area contributed by atoms with E-state index in [1.165, 1.54) is 35.0 Å². The Balaban J connectivity index is 0.000000150. The number of amides is 3. The number of carboxylic acids is 1. The number of fused-ring (bicyclic) bond motifs is 2. The van der Waals surface area contributed by atoms with Crippen molar-refractivity contribution in [2.75, 3.05) is 39.3 Å². The average molecular weight is 893 g/mol. The van der Waals surface area contributed by atoms with E-state index in [1.54, 1.807) is 39.9 Å². The van der Waals surface area contributed by atoms with Gasteiger partial charge in [-0.25, -0.2) is 42.2 Å². The van der Waals surface area contributed by atoms with E-state index in [2.05, 4.69) is 50.0 Å². The lowest BCUT2D eigenvalue weighted by molar-refractivity contribution is 0.00310. The molecule has 8 heterocycles. The monoisotopic (exact) mass is 892 g/mol. The standard InChI is InChI=1S/C23H24FN5O3.C16H14FN3O2.C7H12N2O2/c1-14(2)17-11-18(15-3-5-16(24)6-4-15)27-29-12-19(26-20(17)29)21(30)28-9-7-23(8-10-28)13-25-22(31)32-23;1-9(2)12-7-13(10-3-5-11(17)6-4-10)19-20-8-14(16(21)22)18-15(12)20;10-6-9-5-7(11-6)1-3-8-4-2-7/h3-6,11-12,14H,7-10,13H2,1-2H3,(H,25,31);3-9H,1-2H3,(H,21,22);8H,1-5H2,(H,9,10). The molecular weight excluding hydrogens is 843 g/mol. The maximum absolute atomic E-state index is 13.3. The van der Waals surface area contributed by atoms with E-state index in [0.717, 1.165) is 48.2 Å². The molecule has 4 N–H and O–H groups in total. The van der Waals surface area contributed by atoms with Crippen LogP contribution in [0.15, 0.2) is 73.1 Å². The first-order chi connectivity index (χ1) is 31.1. The van der Waals surface area contributed by atoms with Crippen LogP contribution in [0.4, 0.5) is 18.4 Å². The Morgan fingerprint density at radius 2 is 1.11 bits per heavy atom. The van der Waals surface area contributed by atoms with Crippen LogP contribution >= 0.6 is 0 Å². The number of nitrogens with zero attached hydrogens (tertiary/aromatic N) is 7. The molecule has 0 radical (unpaired) electrons. The molecule has 0 bridgehead atoms. The number of imidazole rings is 2. The van der Waals surface area contributed by atoms with Gasteiger partial charge in [-0.15, -0.1) is 0 Å². The fourth-order valence-corrected chi connectivity index (χ4v) is 8.30. The number of halogens is 2. The second kappa shape index (κ2) is 18.2. The van der Waals surface area contributed by atoms with Crippen molar-refractivity contribution in [3.8, 4) is 22.5 Å². The predicted octanol–water partition coefficient (Wildman–Crippen LogP) is 6.58. The predicted molar refractivity (Wildman–Crippen MR) is 234 cm³/mol. The molecule has 65 heavy (non-hydrogen) atoms. The van der Waals surface area contributed by atoms with Crippen molar-refractivity contribution in [3.05, 3.63) is 107 Å². The molecule has 19 heteroatoms. The Bertz CT molecular complexity index is 2740. The number of carbonyl (C=O) groups excluding carboxylic acids is 3. The molecule has 10 rings (SSSR count). The van der Waals surface area contributed by atoms with Gasteiger partial charge in [0.25, 0.3) is 5.91 Å². The Morgan fingerprint density at radius 1 is 0.677 bits per heavy atom. The maximum atomic E-state index is 13.3. The minimum Gasteiger partial charge on any atom is -0.476 e. The fraction of sp³-hybridized carbons (Fsp3) is 0.391. The van der Waals surface area contributed by atoms with Crippen LogP contribution in [-0.2, 0) is 9.47 Å². The molecule has 4 aliphatic heterocycles. The van der Waals surface area contributed by atoms with Crippen molar-refractivity contribution in [1.29, 1.82) is 0 Å². The van der Waals surface area contributed by atoms with Crippen molar-refractivity contribution in [2.45, 2.75) is 76.4 Å². The minimum atomic E-state index is -1.09. The summed E-state index contributed by atoms with van der Waals surface area (Å²) in [4.78, 5) is 56.9. The van der Waals surface area contributed by atoms with E-state index >= 15 is 0 Å². The summed E-state index contributed by atoms with van der Waals surface area (Å²) in [5.41, 5.74) is 5.48. The summed E-state index contributed by atoms with van der Waals surface area (Å²) in [5.74, 6) is -1.58. The molecule has 0 saturated carbocycles.